The lowest BCUT2D eigenvalue weighted by Gasteiger charge is -1.99. The van der Waals surface area contributed by atoms with Gasteiger partial charge in [-0.05, 0) is 12.1 Å². The van der Waals surface area contributed by atoms with Crippen LogP contribution in [-0.4, -0.2) is 42.2 Å². The summed E-state index contributed by atoms with van der Waals surface area (Å²) in [6.07, 6.45) is 0. The molecule has 0 aliphatic rings. The van der Waals surface area contributed by atoms with E-state index in [0.717, 1.165) is 4.80 Å². The Morgan fingerprint density at radius 2 is 2.21 bits per heavy atom. The van der Waals surface area contributed by atoms with Crippen LogP contribution in [0, 0.1) is 6.92 Å². The number of aryl methyl sites for hydroxylation is 1. The predicted molar refractivity (Wildman–Crippen MR) is 45.2 cm³/mol. The molecule has 76 valence electrons. The molecule has 1 rings (SSSR count). The highest BCUT2D eigenvalue weighted by Gasteiger charge is 2.09. The Morgan fingerprint density at radius 3 is 2.64 bits per heavy atom. The van der Waals surface area contributed by atoms with E-state index >= 15 is 0 Å². The van der Waals surface area contributed by atoms with Crippen LogP contribution in [0.3, 0.4) is 0 Å². The number of tetrazole rings is 1. The van der Waals surface area contributed by atoms with Gasteiger partial charge in [0, 0.05) is 0 Å². The van der Waals surface area contributed by atoms with E-state index in [-0.39, 0.29) is 18.1 Å². The van der Waals surface area contributed by atoms with Crippen LogP contribution >= 0.6 is 0 Å². The molecule has 0 saturated carbocycles. The Labute approximate surface area is 78.5 Å². The maximum Gasteiger partial charge on any atom is 0.189 e. The summed E-state index contributed by atoms with van der Waals surface area (Å²) in [7, 11) is 0. The molecule has 1 heterocycles. The quantitative estimate of drug-likeness (QED) is 0.236. The summed E-state index contributed by atoms with van der Waals surface area (Å²) in [5.74, 6) is 0.171. The number of oxime groups is 2. The second kappa shape index (κ2) is 4.16. The zero-order valence-electron chi connectivity index (χ0n) is 7.36. The van der Waals surface area contributed by atoms with E-state index in [1.165, 1.54) is 0 Å². The van der Waals surface area contributed by atoms with Crippen LogP contribution in [-0.2, 0) is 6.54 Å². The monoisotopic (exact) mass is 199 g/mol. The van der Waals surface area contributed by atoms with E-state index in [1.54, 1.807) is 6.92 Å². The smallest absolute Gasteiger partial charge is 0.189 e. The van der Waals surface area contributed by atoms with Crippen molar-refractivity contribution >= 4 is 11.5 Å². The lowest BCUT2D eigenvalue weighted by Crippen LogP contribution is -2.29. The standard InChI is InChI=1S/C5H9N7O2/c1-3-7-11-12(8-3)2-4(9-13)5(6)10-14/h13-14H,2H2,1H3,(H2,6,10)/b9-4-. The Morgan fingerprint density at radius 1 is 1.50 bits per heavy atom. The van der Waals surface area contributed by atoms with Gasteiger partial charge < -0.3 is 16.1 Å². The molecule has 9 nitrogen and oxygen atoms in total. The SMILES string of the molecule is Cc1nnn(CC(=N/O)/C(N)=N/O)n1. The van der Waals surface area contributed by atoms with Gasteiger partial charge in [0.25, 0.3) is 0 Å². The molecular formula is C5H9N7O2. The molecule has 14 heavy (non-hydrogen) atoms. The summed E-state index contributed by atoms with van der Waals surface area (Å²) in [6, 6.07) is 0. The summed E-state index contributed by atoms with van der Waals surface area (Å²) < 4.78 is 0. The van der Waals surface area contributed by atoms with Crippen LogP contribution in [0.25, 0.3) is 0 Å². The number of rotatable bonds is 3. The zero-order chi connectivity index (χ0) is 10.6. The molecule has 0 amide bonds. The maximum absolute atomic E-state index is 8.52. The van der Waals surface area contributed by atoms with Crippen LogP contribution in [0.15, 0.2) is 10.3 Å². The molecule has 4 N–H and O–H groups in total. The van der Waals surface area contributed by atoms with Gasteiger partial charge in [0.2, 0.25) is 0 Å². The van der Waals surface area contributed by atoms with Gasteiger partial charge in [-0.1, -0.05) is 10.3 Å². The van der Waals surface area contributed by atoms with Crippen molar-refractivity contribution < 1.29 is 10.4 Å². The Balaban J connectivity index is 2.77. The number of hydrogen-bond acceptors (Lipinski definition) is 7. The number of nitrogens with zero attached hydrogens (tertiary/aromatic N) is 6. The third-order valence-corrected chi connectivity index (χ3v) is 1.37. The van der Waals surface area contributed by atoms with Gasteiger partial charge in [-0.3, -0.25) is 0 Å². The van der Waals surface area contributed by atoms with Crippen LogP contribution < -0.4 is 5.73 Å². The van der Waals surface area contributed by atoms with Crippen molar-refractivity contribution in [2.24, 2.45) is 16.0 Å². The second-order valence-electron chi connectivity index (χ2n) is 2.40. The van der Waals surface area contributed by atoms with E-state index in [2.05, 4.69) is 25.7 Å². The van der Waals surface area contributed by atoms with Gasteiger partial charge in [-0.2, -0.15) is 4.80 Å². The molecule has 0 unspecified atom stereocenters. The molecule has 0 fully saturated rings. The second-order valence-corrected chi connectivity index (χ2v) is 2.40. The van der Waals surface area contributed by atoms with E-state index in [1.807, 2.05) is 0 Å². The first-order valence-corrected chi connectivity index (χ1v) is 3.60. The summed E-state index contributed by atoms with van der Waals surface area (Å²) >= 11 is 0. The summed E-state index contributed by atoms with van der Waals surface area (Å²) in [5, 5.41) is 33.4. The fourth-order valence-corrected chi connectivity index (χ4v) is 0.746. The summed E-state index contributed by atoms with van der Waals surface area (Å²) in [5.41, 5.74) is 5.15. The summed E-state index contributed by atoms with van der Waals surface area (Å²) in [6.45, 7) is 1.63. The van der Waals surface area contributed by atoms with Crippen molar-refractivity contribution in [2.75, 3.05) is 0 Å². The molecule has 9 heteroatoms. The lowest BCUT2D eigenvalue weighted by molar-refractivity contribution is 0.311. The van der Waals surface area contributed by atoms with Crippen LogP contribution in [0.2, 0.25) is 0 Å². The topological polar surface area (TPSA) is 135 Å². The van der Waals surface area contributed by atoms with Gasteiger partial charge in [0.05, 0.1) is 0 Å². The molecule has 0 saturated heterocycles. The minimum atomic E-state index is -0.303. The molecule has 0 aromatic carbocycles. The third-order valence-electron chi connectivity index (χ3n) is 1.37. The molecule has 0 aliphatic carbocycles. The van der Waals surface area contributed by atoms with Crippen LogP contribution in [0.4, 0.5) is 0 Å². The average Bonchev–Trinajstić information content (AvgIpc) is 2.59. The number of amidine groups is 1. The first-order chi connectivity index (χ1) is 6.67. The lowest BCUT2D eigenvalue weighted by atomic mass is 10.3. The molecular weight excluding hydrogens is 190 g/mol. The Kier molecular flexibility index (Phi) is 2.94. The van der Waals surface area contributed by atoms with Crippen molar-refractivity contribution in [1.29, 1.82) is 0 Å². The maximum atomic E-state index is 8.52. The van der Waals surface area contributed by atoms with E-state index in [0.29, 0.717) is 5.82 Å². The van der Waals surface area contributed by atoms with Gasteiger partial charge in [-0.25, -0.2) is 0 Å². The fraction of sp³-hybridized carbons (Fsp3) is 0.400. The van der Waals surface area contributed by atoms with Gasteiger partial charge in [0.1, 0.15) is 12.3 Å². The third kappa shape index (κ3) is 2.15. The minimum absolute atomic E-state index is 0.0206. The highest BCUT2D eigenvalue weighted by atomic mass is 16.4. The van der Waals surface area contributed by atoms with Crippen LogP contribution in [0.1, 0.15) is 5.82 Å². The molecule has 0 atom stereocenters. The first kappa shape index (κ1) is 9.89. The number of hydrogen-bond donors (Lipinski definition) is 3. The minimum Gasteiger partial charge on any atom is -0.410 e. The molecule has 1 aromatic rings. The van der Waals surface area contributed by atoms with Gasteiger partial charge in [0.15, 0.2) is 11.7 Å². The normalized spacial score (nSPS) is 13.2. The fourth-order valence-electron chi connectivity index (χ4n) is 0.746. The predicted octanol–water partition coefficient (Wildman–Crippen LogP) is -1.44. The van der Waals surface area contributed by atoms with Crippen molar-refractivity contribution in [1.82, 2.24) is 20.2 Å². The molecule has 0 spiro atoms. The zero-order valence-corrected chi connectivity index (χ0v) is 7.36. The van der Waals surface area contributed by atoms with Gasteiger partial charge in [-0.15, -0.1) is 10.2 Å². The van der Waals surface area contributed by atoms with Crippen molar-refractivity contribution in [2.45, 2.75) is 13.5 Å². The van der Waals surface area contributed by atoms with Crippen molar-refractivity contribution in [3.63, 3.8) is 0 Å². The molecule has 0 bridgehead atoms. The van der Waals surface area contributed by atoms with E-state index < -0.39 is 0 Å². The molecule has 1 aromatic heterocycles. The highest BCUT2D eigenvalue weighted by Crippen LogP contribution is 1.86. The number of aromatic nitrogens is 4. The molecule has 0 aliphatic heterocycles. The van der Waals surface area contributed by atoms with Crippen molar-refractivity contribution in [3.8, 4) is 0 Å². The summed E-state index contributed by atoms with van der Waals surface area (Å²) in [4.78, 5) is 1.16. The Bertz CT molecular complexity index is 368. The average molecular weight is 199 g/mol. The van der Waals surface area contributed by atoms with E-state index in [9.17, 15) is 0 Å². The highest BCUT2D eigenvalue weighted by molar-refractivity contribution is 6.40. The number of nitrogens with two attached hydrogens (primary N) is 1. The van der Waals surface area contributed by atoms with Crippen molar-refractivity contribution in [3.05, 3.63) is 5.82 Å². The molecule has 0 radical (unpaired) electrons. The van der Waals surface area contributed by atoms with E-state index in [4.69, 9.17) is 16.1 Å². The first-order valence-electron chi connectivity index (χ1n) is 3.60. The Hall–Kier alpha value is -2.19. The van der Waals surface area contributed by atoms with Gasteiger partial charge >= 0.3 is 0 Å². The largest absolute Gasteiger partial charge is 0.410 e. The van der Waals surface area contributed by atoms with Crippen LogP contribution in [0.5, 0.6) is 0 Å².